The summed E-state index contributed by atoms with van der Waals surface area (Å²) in [6.45, 7) is 8.17. The van der Waals surface area contributed by atoms with Crippen molar-refractivity contribution in [2.75, 3.05) is 0 Å². The highest BCUT2D eigenvalue weighted by Gasteiger charge is 2.15. The number of carbonyl (C=O) groups is 1. The van der Waals surface area contributed by atoms with Crippen LogP contribution in [0.4, 0.5) is 0 Å². The van der Waals surface area contributed by atoms with Crippen LogP contribution >= 0.6 is 0 Å². The quantitative estimate of drug-likeness (QED) is 0.666. The smallest absolute Gasteiger partial charge is 0.172 e. The molecule has 0 aliphatic carbocycles. The van der Waals surface area contributed by atoms with Crippen LogP contribution in [0.2, 0.25) is 0 Å². The second kappa shape index (κ2) is 3.68. The van der Waals surface area contributed by atoms with E-state index < -0.39 is 0 Å². The molecule has 1 heterocycles. The molecule has 0 aromatic carbocycles. The van der Waals surface area contributed by atoms with Gasteiger partial charge in [0.15, 0.2) is 6.29 Å². The third-order valence-corrected chi connectivity index (χ3v) is 2.43. The van der Waals surface area contributed by atoms with E-state index in [2.05, 4.69) is 31.1 Å². The monoisotopic (exact) mass is 181 g/mol. The zero-order chi connectivity index (χ0) is 10.0. The van der Waals surface area contributed by atoms with Gasteiger partial charge in [-0.25, -0.2) is 4.68 Å². The molecule has 4 nitrogen and oxygen atoms in total. The van der Waals surface area contributed by atoms with Crippen LogP contribution in [0.3, 0.4) is 0 Å². The van der Waals surface area contributed by atoms with Crippen LogP contribution < -0.4 is 0 Å². The van der Waals surface area contributed by atoms with Crippen LogP contribution in [0.5, 0.6) is 0 Å². The molecule has 1 unspecified atom stereocenters. The van der Waals surface area contributed by atoms with Crippen LogP contribution in [0.15, 0.2) is 0 Å². The molecule has 1 rings (SSSR count). The molecule has 0 amide bonds. The molecule has 1 atom stereocenters. The van der Waals surface area contributed by atoms with E-state index in [-0.39, 0.29) is 6.04 Å². The Balaban J connectivity index is 3.01. The van der Waals surface area contributed by atoms with Crippen molar-refractivity contribution < 1.29 is 4.79 Å². The Morgan fingerprint density at radius 1 is 1.38 bits per heavy atom. The fourth-order valence-corrected chi connectivity index (χ4v) is 1.13. The average Bonchev–Trinajstić information content (AvgIpc) is 2.45. The predicted molar refractivity (Wildman–Crippen MR) is 49.7 cm³/mol. The number of aldehydes is 1. The SMILES string of the molecule is Cc1c(C=O)nnn1C(C)C(C)C. The summed E-state index contributed by atoms with van der Waals surface area (Å²) in [5.41, 5.74) is 1.28. The summed E-state index contributed by atoms with van der Waals surface area (Å²) in [7, 11) is 0. The third kappa shape index (κ3) is 1.76. The van der Waals surface area contributed by atoms with Crippen molar-refractivity contribution in [3.63, 3.8) is 0 Å². The van der Waals surface area contributed by atoms with E-state index in [9.17, 15) is 4.79 Å². The average molecular weight is 181 g/mol. The Bertz CT molecular complexity index is 304. The topological polar surface area (TPSA) is 47.8 Å². The number of hydrogen-bond acceptors (Lipinski definition) is 3. The maximum atomic E-state index is 10.5. The maximum absolute atomic E-state index is 10.5. The molecule has 4 heteroatoms. The van der Waals surface area contributed by atoms with Gasteiger partial charge in [0.2, 0.25) is 0 Å². The highest BCUT2D eigenvalue weighted by Crippen LogP contribution is 2.17. The van der Waals surface area contributed by atoms with Crippen molar-refractivity contribution in [1.29, 1.82) is 0 Å². The Morgan fingerprint density at radius 2 is 2.00 bits per heavy atom. The molecule has 1 aromatic heterocycles. The van der Waals surface area contributed by atoms with Gasteiger partial charge in [0.05, 0.1) is 11.7 Å². The number of aromatic nitrogens is 3. The maximum Gasteiger partial charge on any atom is 0.172 e. The minimum Gasteiger partial charge on any atom is -0.296 e. The van der Waals surface area contributed by atoms with Crippen LogP contribution in [-0.4, -0.2) is 21.3 Å². The van der Waals surface area contributed by atoms with Crippen molar-refractivity contribution in [1.82, 2.24) is 15.0 Å². The third-order valence-electron chi connectivity index (χ3n) is 2.43. The highest BCUT2D eigenvalue weighted by molar-refractivity contribution is 5.72. The number of rotatable bonds is 3. The summed E-state index contributed by atoms with van der Waals surface area (Å²) in [6, 6.07) is 0.279. The minimum absolute atomic E-state index is 0.279. The summed E-state index contributed by atoms with van der Waals surface area (Å²) in [5.74, 6) is 0.486. The van der Waals surface area contributed by atoms with E-state index in [1.807, 2.05) is 6.92 Å². The lowest BCUT2D eigenvalue weighted by atomic mass is 10.1. The van der Waals surface area contributed by atoms with Crippen molar-refractivity contribution >= 4 is 6.29 Å². The fraction of sp³-hybridized carbons (Fsp3) is 0.667. The van der Waals surface area contributed by atoms with Gasteiger partial charge in [0, 0.05) is 0 Å². The van der Waals surface area contributed by atoms with E-state index >= 15 is 0 Å². The first-order chi connectivity index (χ1) is 6.07. The lowest BCUT2D eigenvalue weighted by molar-refractivity contribution is 0.111. The van der Waals surface area contributed by atoms with Crippen molar-refractivity contribution in [2.45, 2.75) is 33.7 Å². The van der Waals surface area contributed by atoms with Crippen molar-refractivity contribution in [3.8, 4) is 0 Å². The molecule has 0 N–H and O–H groups in total. The summed E-state index contributed by atoms with van der Waals surface area (Å²) < 4.78 is 1.80. The van der Waals surface area contributed by atoms with Crippen molar-refractivity contribution in [2.24, 2.45) is 5.92 Å². The fourth-order valence-electron chi connectivity index (χ4n) is 1.13. The first-order valence-corrected chi connectivity index (χ1v) is 4.45. The van der Waals surface area contributed by atoms with E-state index in [4.69, 9.17) is 0 Å². The zero-order valence-electron chi connectivity index (χ0n) is 8.48. The second-order valence-electron chi connectivity index (χ2n) is 3.61. The molecular weight excluding hydrogens is 166 g/mol. The highest BCUT2D eigenvalue weighted by atomic mass is 16.1. The zero-order valence-corrected chi connectivity index (χ0v) is 8.48. The number of carbonyl (C=O) groups excluding carboxylic acids is 1. The van der Waals surface area contributed by atoms with Gasteiger partial charge in [-0.1, -0.05) is 19.1 Å². The van der Waals surface area contributed by atoms with Crippen LogP contribution in [0.25, 0.3) is 0 Å². The number of nitrogens with zero attached hydrogens (tertiary/aromatic N) is 3. The van der Waals surface area contributed by atoms with Crippen molar-refractivity contribution in [3.05, 3.63) is 11.4 Å². The molecular formula is C9H15N3O. The Labute approximate surface area is 77.9 Å². The normalized spacial score (nSPS) is 13.3. The van der Waals surface area contributed by atoms with Gasteiger partial charge in [0.25, 0.3) is 0 Å². The van der Waals surface area contributed by atoms with Crippen LogP contribution in [0.1, 0.15) is 43.0 Å². The van der Waals surface area contributed by atoms with E-state index in [1.54, 1.807) is 4.68 Å². The molecule has 0 saturated heterocycles. The molecule has 0 spiro atoms. The molecule has 0 fully saturated rings. The summed E-state index contributed by atoms with van der Waals surface area (Å²) in [6.07, 6.45) is 0.742. The van der Waals surface area contributed by atoms with Gasteiger partial charge in [-0.3, -0.25) is 4.79 Å². The molecule has 13 heavy (non-hydrogen) atoms. The van der Waals surface area contributed by atoms with E-state index in [0.29, 0.717) is 11.6 Å². The lowest BCUT2D eigenvalue weighted by Gasteiger charge is -2.16. The summed E-state index contributed by atoms with van der Waals surface area (Å²) >= 11 is 0. The first kappa shape index (κ1) is 9.89. The van der Waals surface area contributed by atoms with Crippen LogP contribution in [-0.2, 0) is 0 Å². The van der Waals surface area contributed by atoms with Gasteiger partial charge in [-0.05, 0) is 19.8 Å². The second-order valence-corrected chi connectivity index (χ2v) is 3.61. The van der Waals surface area contributed by atoms with E-state index in [1.165, 1.54) is 0 Å². The molecule has 0 aliphatic rings. The summed E-state index contributed by atoms with van der Waals surface area (Å²) in [5, 5.41) is 7.73. The molecule has 72 valence electrons. The number of hydrogen-bond donors (Lipinski definition) is 0. The molecule has 0 aliphatic heterocycles. The Morgan fingerprint density at radius 3 is 2.38 bits per heavy atom. The van der Waals surface area contributed by atoms with Gasteiger partial charge < -0.3 is 0 Å². The molecule has 0 radical (unpaired) electrons. The largest absolute Gasteiger partial charge is 0.296 e. The summed E-state index contributed by atoms with van der Waals surface area (Å²) in [4.78, 5) is 10.5. The lowest BCUT2D eigenvalue weighted by Crippen LogP contribution is -2.14. The Kier molecular flexibility index (Phi) is 2.80. The van der Waals surface area contributed by atoms with Gasteiger partial charge in [0.1, 0.15) is 5.69 Å². The van der Waals surface area contributed by atoms with Gasteiger partial charge in [-0.2, -0.15) is 0 Å². The van der Waals surface area contributed by atoms with Crippen LogP contribution in [0, 0.1) is 12.8 Å². The molecule has 0 saturated carbocycles. The minimum atomic E-state index is 0.279. The first-order valence-electron chi connectivity index (χ1n) is 4.45. The van der Waals surface area contributed by atoms with E-state index in [0.717, 1.165) is 12.0 Å². The molecule has 0 bridgehead atoms. The predicted octanol–water partition coefficient (Wildman–Crippen LogP) is 1.62. The standard InChI is InChI=1S/C9H15N3O/c1-6(2)7(3)12-8(4)9(5-13)10-11-12/h5-7H,1-4H3. The van der Waals surface area contributed by atoms with Gasteiger partial charge in [-0.15, -0.1) is 5.10 Å². The molecule has 1 aromatic rings. The Hall–Kier alpha value is -1.19. The van der Waals surface area contributed by atoms with Gasteiger partial charge >= 0.3 is 0 Å².